The van der Waals surface area contributed by atoms with E-state index in [-0.39, 0.29) is 34.7 Å². The number of hydrogen-bond donors (Lipinski definition) is 4. The van der Waals surface area contributed by atoms with Crippen LogP contribution in [0.3, 0.4) is 0 Å². The van der Waals surface area contributed by atoms with Crippen molar-refractivity contribution >= 4 is 16.0 Å². The minimum absolute atomic E-state index is 0.00144. The number of aromatic carboxylic acids is 1. The number of carboxylic acid groups (broad SMARTS) is 1. The Morgan fingerprint density at radius 3 is 2.52 bits per heavy atom. The van der Waals surface area contributed by atoms with Crippen molar-refractivity contribution in [2.75, 3.05) is 6.54 Å². The lowest BCUT2D eigenvalue weighted by Gasteiger charge is -2.12. The van der Waals surface area contributed by atoms with Crippen LogP contribution in [-0.4, -0.2) is 42.2 Å². The number of nitrogens with one attached hydrogen (secondary N) is 2. The second-order valence-corrected chi connectivity index (χ2v) is 7.27. The molecular weight excluding hydrogens is 296 g/mol. The van der Waals surface area contributed by atoms with Gasteiger partial charge in [-0.1, -0.05) is 0 Å². The lowest BCUT2D eigenvalue weighted by Crippen LogP contribution is -2.29. The quantitative estimate of drug-likeness (QED) is 0.639. The van der Waals surface area contributed by atoms with Gasteiger partial charge in [-0.3, -0.25) is 0 Å². The van der Waals surface area contributed by atoms with E-state index in [2.05, 4.69) is 9.71 Å². The molecule has 8 heteroatoms. The van der Waals surface area contributed by atoms with Crippen molar-refractivity contribution in [3.63, 3.8) is 0 Å². The highest BCUT2D eigenvalue weighted by Crippen LogP contribution is 2.26. The Kier molecular flexibility index (Phi) is 4.40. The number of H-pyrrole nitrogens is 1. The van der Waals surface area contributed by atoms with Crippen molar-refractivity contribution in [3.05, 3.63) is 17.0 Å². The fraction of sp³-hybridized carbons (Fsp3) is 0.615. The zero-order chi connectivity index (χ0) is 15.8. The number of aliphatic hydroxyl groups excluding tert-OH is 1. The number of hydrogen-bond acceptors (Lipinski definition) is 4. The van der Waals surface area contributed by atoms with Crippen LogP contribution in [0.5, 0.6) is 0 Å². The van der Waals surface area contributed by atoms with Crippen molar-refractivity contribution in [1.29, 1.82) is 0 Å². The Hall–Kier alpha value is -1.38. The molecule has 7 nitrogen and oxygen atoms in total. The molecule has 0 aliphatic heterocycles. The molecule has 118 valence electrons. The summed E-state index contributed by atoms with van der Waals surface area (Å²) in [4.78, 5) is 13.6. The molecule has 21 heavy (non-hydrogen) atoms. The van der Waals surface area contributed by atoms with Gasteiger partial charge in [-0.25, -0.2) is 17.9 Å². The van der Waals surface area contributed by atoms with Crippen LogP contribution in [0.4, 0.5) is 0 Å². The van der Waals surface area contributed by atoms with Gasteiger partial charge in [0.1, 0.15) is 10.6 Å². The molecule has 2 rings (SSSR count). The van der Waals surface area contributed by atoms with Gasteiger partial charge in [0.25, 0.3) is 0 Å². The van der Waals surface area contributed by atoms with Crippen molar-refractivity contribution in [2.45, 2.75) is 44.1 Å². The minimum atomic E-state index is -3.77. The smallest absolute Gasteiger partial charge is 0.352 e. The van der Waals surface area contributed by atoms with E-state index in [1.54, 1.807) is 0 Å². The van der Waals surface area contributed by atoms with Crippen LogP contribution in [0, 0.1) is 19.8 Å². The van der Waals surface area contributed by atoms with Gasteiger partial charge in [-0.2, -0.15) is 0 Å². The molecule has 0 aromatic carbocycles. The first-order valence-electron chi connectivity index (χ1n) is 6.82. The van der Waals surface area contributed by atoms with Gasteiger partial charge in [0.15, 0.2) is 0 Å². The number of aryl methyl sites for hydroxylation is 1. The van der Waals surface area contributed by atoms with E-state index >= 15 is 0 Å². The standard InChI is InChI=1S/C13H20N2O5S/c1-7-11(13(17)18)15-8(2)12(7)21(19,20)14-6-9-3-4-10(16)5-9/h9-10,14-16H,3-6H2,1-2H3,(H,17,18). The largest absolute Gasteiger partial charge is 0.477 e. The Bertz CT molecular complexity index is 650. The monoisotopic (exact) mass is 316 g/mol. The first kappa shape index (κ1) is 16.0. The topological polar surface area (TPSA) is 119 Å². The van der Waals surface area contributed by atoms with Gasteiger partial charge in [0.2, 0.25) is 10.0 Å². The molecule has 2 unspecified atom stereocenters. The second kappa shape index (κ2) is 5.78. The van der Waals surface area contributed by atoms with Crippen LogP contribution in [0.2, 0.25) is 0 Å². The predicted molar refractivity (Wildman–Crippen MR) is 75.8 cm³/mol. The highest BCUT2D eigenvalue weighted by molar-refractivity contribution is 7.89. The highest BCUT2D eigenvalue weighted by Gasteiger charge is 2.28. The molecule has 1 heterocycles. The molecule has 0 bridgehead atoms. The van der Waals surface area contributed by atoms with E-state index in [4.69, 9.17) is 5.11 Å². The summed E-state index contributed by atoms with van der Waals surface area (Å²) in [5, 5.41) is 18.5. The molecule has 1 aliphatic carbocycles. The van der Waals surface area contributed by atoms with Gasteiger partial charge in [-0.15, -0.1) is 0 Å². The maximum absolute atomic E-state index is 12.4. The van der Waals surface area contributed by atoms with Gasteiger partial charge in [0.05, 0.1) is 6.10 Å². The summed E-state index contributed by atoms with van der Waals surface area (Å²) >= 11 is 0. The van der Waals surface area contributed by atoms with E-state index in [9.17, 15) is 18.3 Å². The number of rotatable bonds is 5. The fourth-order valence-electron chi connectivity index (χ4n) is 2.88. The molecule has 1 aliphatic rings. The zero-order valence-electron chi connectivity index (χ0n) is 12.0. The van der Waals surface area contributed by atoms with Crippen LogP contribution < -0.4 is 4.72 Å². The molecule has 4 N–H and O–H groups in total. The SMILES string of the molecule is Cc1[nH]c(C(=O)O)c(C)c1S(=O)(=O)NCC1CCC(O)C1. The summed E-state index contributed by atoms with van der Waals surface area (Å²) < 4.78 is 27.2. The van der Waals surface area contributed by atoms with Gasteiger partial charge in [-0.05, 0) is 39.0 Å². The lowest BCUT2D eigenvalue weighted by atomic mass is 10.1. The average Bonchev–Trinajstić information content (AvgIpc) is 2.91. The van der Waals surface area contributed by atoms with Crippen LogP contribution in [-0.2, 0) is 10.0 Å². The summed E-state index contributed by atoms with van der Waals surface area (Å²) in [6.07, 6.45) is 1.72. The molecule has 0 spiro atoms. The average molecular weight is 316 g/mol. The van der Waals surface area contributed by atoms with Crippen LogP contribution in [0.25, 0.3) is 0 Å². The maximum Gasteiger partial charge on any atom is 0.352 e. The molecule has 1 saturated carbocycles. The molecule has 1 aromatic rings. The van der Waals surface area contributed by atoms with Crippen LogP contribution >= 0.6 is 0 Å². The van der Waals surface area contributed by atoms with Gasteiger partial charge >= 0.3 is 5.97 Å². The Labute approximate surface area is 123 Å². The van der Waals surface area contributed by atoms with Crippen molar-refractivity contribution in [1.82, 2.24) is 9.71 Å². The fourth-order valence-corrected chi connectivity index (χ4v) is 4.44. The van der Waals surface area contributed by atoms with Crippen molar-refractivity contribution in [2.24, 2.45) is 5.92 Å². The minimum Gasteiger partial charge on any atom is -0.477 e. The lowest BCUT2D eigenvalue weighted by molar-refractivity contribution is 0.0690. The number of aliphatic hydroxyl groups is 1. The predicted octanol–water partition coefficient (Wildman–Crippen LogP) is 0.769. The zero-order valence-corrected chi connectivity index (χ0v) is 12.8. The van der Waals surface area contributed by atoms with E-state index in [1.165, 1.54) is 13.8 Å². The summed E-state index contributed by atoms with van der Waals surface area (Å²) in [6, 6.07) is 0. The molecule has 1 aromatic heterocycles. The number of sulfonamides is 1. The summed E-state index contributed by atoms with van der Waals surface area (Å²) in [5.74, 6) is -1.07. The van der Waals surface area contributed by atoms with Gasteiger partial charge < -0.3 is 15.2 Å². The Morgan fingerprint density at radius 1 is 1.38 bits per heavy atom. The number of aromatic amines is 1. The van der Waals surface area contributed by atoms with Crippen LogP contribution in [0.1, 0.15) is 41.0 Å². The second-order valence-electron chi connectivity index (χ2n) is 5.57. The number of carbonyl (C=O) groups is 1. The van der Waals surface area contributed by atoms with Gasteiger partial charge in [0, 0.05) is 17.8 Å². The summed E-state index contributed by atoms with van der Waals surface area (Å²) in [5.41, 5.74) is 0.409. The van der Waals surface area contributed by atoms with Crippen molar-refractivity contribution < 1.29 is 23.4 Å². The third-order valence-electron chi connectivity index (χ3n) is 3.93. The summed E-state index contributed by atoms with van der Waals surface area (Å²) in [7, 11) is -3.77. The third kappa shape index (κ3) is 3.28. The van der Waals surface area contributed by atoms with Crippen molar-refractivity contribution in [3.8, 4) is 0 Å². The molecule has 2 atom stereocenters. The molecule has 0 saturated heterocycles. The van der Waals surface area contributed by atoms with E-state index in [0.29, 0.717) is 18.5 Å². The van der Waals surface area contributed by atoms with E-state index < -0.39 is 16.0 Å². The van der Waals surface area contributed by atoms with E-state index in [0.717, 1.165) is 6.42 Å². The Balaban J connectivity index is 2.18. The first-order chi connectivity index (χ1) is 9.72. The summed E-state index contributed by atoms with van der Waals surface area (Å²) in [6.45, 7) is 3.26. The number of aromatic nitrogens is 1. The molecule has 1 fully saturated rings. The highest BCUT2D eigenvalue weighted by atomic mass is 32.2. The normalized spacial score (nSPS) is 22.6. The molecular formula is C13H20N2O5S. The molecule has 0 radical (unpaired) electrons. The Morgan fingerprint density at radius 2 is 2.05 bits per heavy atom. The third-order valence-corrected chi connectivity index (χ3v) is 5.62. The number of carboxylic acids is 1. The first-order valence-corrected chi connectivity index (χ1v) is 8.31. The van der Waals surface area contributed by atoms with E-state index in [1.807, 2.05) is 0 Å². The molecule has 0 amide bonds. The van der Waals surface area contributed by atoms with Crippen LogP contribution in [0.15, 0.2) is 4.90 Å². The maximum atomic E-state index is 12.4.